The van der Waals surface area contributed by atoms with Gasteiger partial charge in [0, 0.05) is 17.2 Å². The number of nitrogens with zero attached hydrogens (tertiary/aromatic N) is 1. The SMILES string of the molecule is O=C(CSc1nc2ccccc2o1)NCCSc1ccccc1. The van der Waals surface area contributed by atoms with Gasteiger partial charge in [-0.15, -0.1) is 11.8 Å². The van der Waals surface area contributed by atoms with Gasteiger partial charge in [-0.2, -0.15) is 0 Å². The Bertz CT molecular complexity index is 741. The van der Waals surface area contributed by atoms with Crippen LogP contribution in [0.2, 0.25) is 0 Å². The maximum atomic E-state index is 11.8. The Labute approximate surface area is 143 Å². The molecule has 6 heteroatoms. The zero-order chi connectivity index (χ0) is 15.9. The molecule has 0 aliphatic carbocycles. The molecule has 23 heavy (non-hydrogen) atoms. The number of oxazole rings is 1. The third-order valence-corrected chi connectivity index (χ3v) is 4.88. The average molecular weight is 344 g/mol. The molecule has 4 nitrogen and oxygen atoms in total. The summed E-state index contributed by atoms with van der Waals surface area (Å²) < 4.78 is 5.57. The fraction of sp³-hybridized carbons (Fsp3) is 0.176. The van der Waals surface area contributed by atoms with Crippen LogP contribution in [0.15, 0.2) is 69.1 Å². The van der Waals surface area contributed by atoms with E-state index in [9.17, 15) is 4.79 Å². The monoisotopic (exact) mass is 344 g/mol. The number of fused-ring (bicyclic) bond motifs is 1. The predicted octanol–water partition coefficient (Wildman–Crippen LogP) is 3.83. The van der Waals surface area contributed by atoms with E-state index in [1.807, 2.05) is 42.5 Å². The number of para-hydroxylation sites is 2. The van der Waals surface area contributed by atoms with Crippen LogP contribution in [-0.4, -0.2) is 28.9 Å². The van der Waals surface area contributed by atoms with Crippen LogP contribution in [0.3, 0.4) is 0 Å². The Kier molecular flexibility index (Phi) is 5.60. The molecule has 1 aromatic heterocycles. The van der Waals surface area contributed by atoms with E-state index in [2.05, 4.69) is 22.4 Å². The fourth-order valence-corrected chi connectivity index (χ4v) is 3.42. The molecule has 2 aromatic carbocycles. The lowest BCUT2D eigenvalue weighted by molar-refractivity contribution is -0.118. The highest BCUT2D eigenvalue weighted by atomic mass is 32.2. The van der Waals surface area contributed by atoms with Gasteiger partial charge < -0.3 is 9.73 Å². The molecule has 1 heterocycles. The van der Waals surface area contributed by atoms with E-state index in [1.165, 1.54) is 16.7 Å². The summed E-state index contributed by atoms with van der Waals surface area (Å²) in [4.78, 5) is 17.4. The van der Waals surface area contributed by atoms with E-state index in [4.69, 9.17) is 4.42 Å². The van der Waals surface area contributed by atoms with Gasteiger partial charge in [0.05, 0.1) is 5.75 Å². The highest BCUT2D eigenvalue weighted by molar-refractivity contribution is 7.99. The minimum atomic E-state index is -0.00841. The lowest BCUT2D eigenvalue weighted by Crippen LogP contribution is -2.27. The van der Waals surface area contributed by atoms with E-state index in [0.29, 0.717) is 17.5 Å². The Hall–Kier alpha value is -1.92. The van der Waals surface area contributed by atoms with Crippen molar-refractivity contribution in [3.8, 4) is 0 Å². The Morgan fingerprint density at radius 1 is 1.04 bits per heavy atom. The van der Waals surface area contributed by atoms with Crippen molar-refractivity contribution in [3.63, 3.8) is 0 Å². The lowest BCUT2D eigenvalue weighted by atomic mass is 10.3. The minimum Gasteiger partial charge on any atom is -0.431 e. The van der Waals surface area contributed by atoms with Gasteiger partial charge in [-0.25, -0.2) is 4.98 Å². The predicted molar refractivity (Wildman–Crippen MR) is 94.9 cm³/mol. The van der Waals surface area contributed by atoms with Crippen LogP contribution in [0.25, 0.3) is 11.1 Å². The van der Waals surface area contributed by atoms with E-state index < -0.39 is 0 Å². The number of nitrogens with one attached hydrogen (secondary N) is 1. The zero-order valence-electron chi connectivity index (χ0n) is 12.4. The molecule has 118 valence electrons. The molecule has 1 N–H and O–H groups in total. The first-order valence-corrected chi connectivity index (χ1v) is 9.21. The van der Waals surface area contributed by atoms with Crippen molar-refractivity contribution in [2.75, 3.05) is 18.1 Å². The van der Waals surface area contributed by atoms with Gasteiger partial charge in [0.2, 0.25) is 5.91 Å². The van der Waals surface area contributed by atoms with Crippen LogP contribution >= 0.6 is 23.5 Å². The molecule has 0 aliphatic heterocycles. The largest absolute Gasteiger partial charge is 0.431 e. The van der Waals surface area contributed by atoms with Gasteiger partial charge in [-0.3, -0.25) is 4.79 Å². The standard InChI is InChI=1S/C17H16N2O2S2/c20-16(18-10-11-22-13-6-2-1-3-7-13)12-23-17-19-14-8-4-5-9-15(14)21-17/h1-9H,10-12H2,(H,18,20). The normalized spacial score (nSPS) is 10.8. The molecule has 0 spiro atoms. The summed E-state index contributed by atoms with van der Waals surface area (Å²) in [5, 5.41) is 3.43. The zero-order valence-corrected chi connectivity index (χ0v) is 14.0. The molecule has 0 saturated carbocycles. The topological polar surface area (TPSA) is 55.1 Å². The number of hydrogen-bond donors (Lipinski definition) is 1. The molecule has 0 aliphatic rings. The summed E-state index contributed by atoms with van der Waals surface area (Å²) >= 11 is 3.04. The Morgan fingerprint density at radius 2 is 1.83 bits per heavy atom. The number of aromatic nitrogens is 1. The molecule has 0 saturated heterocycles. The lowest BCUT2D eigenvalue weighted by Gasteiger charge is -2.04. The van der Waals surface area contributed by atoms with Crippen molar-refractivity contribution >= 4 is 40.5 Å². The van der Waals surface area contributed by atoms with Crippen molar-refractivity contribution in [2.45, 2.75) is 10.1 Å². The van der Waals surface area contributed by atoms with Gasteiger partial charge in [-0.1, -0.05) is 42.1 Å². The molecule has 0 unspecified atom stereocenters. The average Bonchev–Trinajstić information content (AvgIpc) is 3.01. The molecular weight excluding hydrogens is 328 g/mol. The number of rotatable bonds is 7. The highest BCUT2D eigenvalue weighted by Crippen LogP contribution is 2.22. The first-order chi connectivity index (χ1) is 11.3. The molecule has 0 bridgehead atoms. The number of carbonyl (C=O) groups excluding carboxylic acids is 1. The summed E-state index contributed by atoms with van der Waals surface area (Å²) in [7, 11) is 0. The van der Waals surface area contributed by atoms with Crippen LogP contribution < -0.4 is 5.32 Å². The van der Waals surface area contributed by atoms with Crippen molar-refractivity contribution < 1.29 is 9.21 Å². The number of thioether (sulfide) groups is 2. The highest BCUT2D eigenvalue weighted by Gasteiger charge is 2.08. The molecule has 3 aromatic rings. The third kappa shape index (κ3) is 4.77. The number of amides is 1. The Balaban J connectivity index is 1.38. The maximum Gasteiger partial charge on any atom is 0.257 e. The minimum absolute atomic E-state index is 0.00841. The van der Waals surface area contributed by atoms with Crippen LogP contribution in [0.1, 0.15) is 0 Å². The second-order valence-corrected chi connectivity index (χ2v) is 6.84. The van der Waals surface area contributed by atoms with Gasteiger partial charge in [0.1, 0.15) is 5.52 Å². The maximum absolute atomic E-state index is 11.8. The number of hydrogen-bond acceptors (Lipinski definition) is 5. The molecular formula is C17H16N2O2S2. The van der Waals surface area contributed by atoms with Crippen molar-refractivity contribution in [1.82, 2.24) is 10.3 Å². The fourth-order valence-electron chi connectivity index (χ4n) is 1.97. The molecule has 1 amide bonds. The van der Waals surface area contributed by atoms with Crippen molar-refractivity contribution in [1.29, 1.82) is 0 Å². The smallest absolute Gasteiger partial charge is 0.257 e. The van der Waals surface area contributed by atoms with Gasteiger partial charge >= 0.3 is 0 Å². The quantitative estimate of drug-likeness (QED) is 0.521. The van der Waals surface area contributed by atoms with Gasteiger partial charge in [0.15, 0.2) is 5.58 Å². The van der Waals surface area contributed by atoms with Crippen LogP contribution in [0.4, 0.5) is 0 Å². The summed E-state index contributed by atoms with van der Waals surface area (Å²) in [5.74, 6) is 1.15. The van der Waals surface area contributed by atoms with Crippen LogP contribution in [0.5, 0.6) is 0 Å². The summed E-state index contributed by atoms with van der Waals surface area (Å²) in [6.45, 7) is 0.645. The van der Waals surface area contributed by atoms with E-state index in [-0.39, 0.29) is 5.91 Å². The molecule has 0 radical (unpaired) electrons. The first kappa shape index (κ1) is 16.0. The van der Waals surface area contributed by atoms with E-state index in [0.717, 1.165) is 16.9 Å². The second kappa shape index (κ2) is 8.08. The Morgan fingerprint density at radius 3 is 2.65 bits per heavy atom. The van der Waals surface area contributed by atoms with Crippen LogP contribution in [0, 0.1) is 0 Å². The molecule has 3 rings (SSSR count). The first-order valence-electron chi connectivity index (χ1n) is 7.24. The summed E-state index contributed by atoms with van der Waals surface area (Å²) in [5.41, 5.74) is 1.56. The van der Waals surface area contributed by atoms with Gasteiger partial charge in [-0.05, 0) is 24.3 Å². The summed E-state index contributed by atoms with van der Waals surface area (Å²) in [6, 6.07) is 17.7. The number of benzene rings is 2. The summed E-state index contributed by atoms with van der Waals surface area (Å²) in [6.07, 6.45) is 0. The van der Waals surface area contributed by atoms with Gasteiger partial charge in [0.25, 0.3) is 5.22 Å². The second-order valence-electron chi connectivity index (χ2n) is 4.75. The molecule has 0 fully saturated rings. The molecule has 0 atom stereocenters. The van der Waals surface area contributed by atoms with Crippen molar-refractivity contribution in [3.05, 3.63) is 54.6 Å². The third-order valence-electron chi connectivity index (χ3n) is 3.04. The number of carbonyl (C=O) groups is 1. The van der Waals surface area contributed by atoms with Crippen LogP contribution in [-0.2, 0) is 4.79 Å². The van der Waals surface area contributed by atoms with E-state index in [1.54, 1.807) is 11.8 Å². The van der Waals surface area contributed by atoms with E-state index >= 15 is 0 Å². The van der Waals surface area contributed by atoms with Crippen molar-refractivity contribution in [2.24, 2.45) is 0 Å².